The van der Waals surface area contributed by atoms with Crippen LogP contribution in [0.1, 0.15) is 18.4 Å². The molecule has 1 aromatic heterocycles. The Morgan fingerprint density at radius 3 is 3.25 bits per heavy atom. The summed E-state index contributed by atoms with van der Waals surface area (Å²) in [6, 6.07) is 2.66. The Balaban J connectivity index is 1.55. The van der Waals surface area contributed by atoms with Gasteiger partial charge in [0.2, 0.25) is 5.91 Å². The fourth-order valence-corrected chi connectivity index (χ4v) is 4.06. The molecule has 2 aliphatic heterocycles. The van der Waals surface area contributed by atoms with Gasteiger partial charge in [0.15, 0.2) is 0 Å². The van der Waals surface area contributed by atoms with Crippen LogP contribution in [0.3, 0.4) is 0 Å². The molecule has 3 rings (SSSR count). The van der Waals surface area contributed by atoms with Crippen LogP contribution in [0.2, 0.25) is 0 Å². The summed E-state index contributed by atoms with van der Waals surface area (Å²) in [6.45, 7) is 4.54. The van der Waals surface area contributed by atoms with E-state index < -0.39 is 0 Å². The van der Waals surface area contributed by atoms with Crippen LogP contribution in [0.15, 0.2) is 16.8 Å². The molecule has 2 saturated heterocycles. The maximum absolute atomic E-state index is 12.4. The standard InChI is InChI=1S/C15H23N3OS/c1-17(9-12-4-6-20-11-12)15(19)10-18-5-2-3-13-7-16-8-14(13)18/h4,6,11,13-14,16H,2-3,5,7-10H2,1H3. The average Bonchev–Trinajstić information content (AvgIpc) is 3.09. The fourth-order valence-electron chi connectivity index (χ4n) is 3.40. The van der Waals surface area contributed by atoms with Crippen LogP contribution >= 0.6 is 11.3 Å². The first kappa shape index (κ1) is 14.0. The Morgan fingerprint density at radius 1 is 1.55 bits per heavy atom. The molecule has 0 bridgehead atoms. The predicted molar refractivity (Wildman–Crippen MR) is 81.7 cm³/mol. The molecule has 2 atom stereocenters. The van der Waals surface area contributed by atoms with Crippen LogP contribution in [0.4, 0.5) is 0 Å². The summed E-state index contributed by atoms with van der Waals surface area (Å²) in [7, 11) is 1.91. The minimum atomic E-state index is 0.240. The lowest BCUT2D eigenvalue weighted by Gasteiger charge is -2.37. The van der Waals surface area contributed by atoms with E-state index in [1.807, 2.05) is 11.9 Å². The van der Waals surface area contributed by atoms with Crippen LogP contribution < -0.4 is 5.32 Å². The minimum absolute atomic E-state index is 0.240. The molecule has 0 radical (unpaired) electrons. The van der Waals surface area contributed by atoms with Crippen molar-refractivity contribution in [3.63, 3.8) is 0 Å². The van der Waals surface area contributed by atoms with E-state index in [1.165, 1.54) is 18.4 Å². The lowest BCUT2D eigenvalue weighted by Crippen LogP contribution is -2.49. The van der Waals surface area contributed by atoms with Gasteiger partial charge in [0, 0.05) is 26.2 Å². The average molecular weight is 293 g/mol. The molecule has 2 fully saturated rings. The highest BCUT2D eigenvalue weighted by Crippen LogP contribution is 2.26. The van der Waals surface area contributed by atoms with Crippen molar-refractivity contribution in [2.45, 2.75) is 25.4 Å². The summed E-state index contributed by atoms with van der Waals surface area (Å²) in [5, 5.41) is 7.64. The summed E-state index contributed by atoms with van der Waals surface area (Å²) >= 11 is 1.68. The number of thiophene rings is 1. The van der Waals surface area contributed by atoms with Gasteiger partial charge in [-0.3, -0.25) is 9.69 Å². The maximum atomic E-state index is 12.4. The van der Waals surface area contributed by atoms with E-state index in [1.54, 1.807) is 11.3 Å². The third-order valence-corrected chi connectivity index (χ3v) is 5.29. The van der Waals surface area contributed by atoms with E-state index in [2.05, 4.69) is 27.0 Å². The van der Waals surface area contributed by atoms with E-state index >= 15 is 0 Å². The molecule has 1 aromatic rings. The van der Waals surface area contributed by atoms with Crippen molar-refractivity contribution in [1.29, 1.82) is 0 Å². The second-order valence-electron chi connectivity index (χ2n) is 5.98. The molecular formula is C15H23N3OS. The first-order valence-corrected chi connectivity index (χ1v) is 8.38. The van der Waals surface area contributed by atoms with Gasteiger partial charge in [0.1, 0.15) is 0 Å². The van der Waals surface area contributed by atoms with E-state index in [0.29, 0.717) is 12.6 Å². The van der Waals surface area contributed by atoms with Crippen molar-refractivity contribution in [2.24, 2.45) is 5.92 Å². The zero-order valence-electron chi connectivity index (χ0n) is 12.0. The van der Waals surface area contributed by atoms with E-state index in [-0.39, 0.29) is 5.91 Å². The zero-order valence-corrected chi connectivity index (χ0v) is 12.9. The minimum Gasteiger partial charge on any atom is -0.340 e. The SMILES string of the molecule is CN(Cc1ccsc1)C(=O)CN1CCCC2CNCC21. The Kier molecular flexibility index (Phi) is 4.38. The summed E-state index contributed by atoms with van der Waals surface area (Å²) in [6.07, 6.45) is 2.54. The van der Waals surface area contributed by atoms with Crippen molar-refractivity contribution < 1.29 is 4.79 Å². The van der Waals surface area contributed by atoms with Crippen molar-refractivity contribution in [3.05, 3.63) is 22.4 Å². The molecule has 20 heavy (non-hydrogen) atoms. The van der Waals surface area contributed by atoms with E-state index in [4.69, 9.17) is 0 Å². The largest absolute Gasteiger partial charge is 0.340 e. The van der Waals surface area contributed by atoms with Crippen LogP contribution in [0, 0.1) is 5.92 Å². The topological polar surface area (TPSA) is 35.6 Å². The van der Waals surface area contributed by atoms with Crippen LogP contribution in [0.5, 0.6) is 0 Å². The highest BCUT2D eigenvalue weighted by atomic mass is 32.1. The molecule has 1 N–H and O–H groups in total. The monoisotopic (exact) mass is 293 g/mol. The third-order valence-electron chi connectivity index (χ3n) is 4.56. The fraction of sp³-hybridized carbons (Fsp3) is 0.667. The Bertz CT molecular complexity index is 448. The number of nitrogens with one attached hydrogen (secondary N) is 1. The van der Waals surface area contributed by atoms with Crippen LogP contribution in [-0.2, 0) is 11.3 Å². The van der Waals surface area contributed by atoms with E-state index in [0.717, 1.165) is 32.1 Å². The summed E-state index contributed by atoms with van der Waals surface area (Å²) in [4.78, 5) is 16.6. The summed E-state index contributed by atoms with van der Waals surface area (Å²) < 4.78 is 0. The lowest BCUT2D eigenvalue weighted by molar-refractivity contribution is -0.132. The predicted octanol–water partition coefficient (Wildman–Crippen LogP) is 1.39. The molecule has 5 heteroatoms. The molecule has 0 aliphatic carbocycles. The zero-order chi connectivity index (χ0) is 13.9. The molecule has 110 valence electrons. The number of hydrogen-bond donors (Lipinski definition) is 1. The Labute approximate surface area is 124 Å². The normalized spacial score (nSPS) is 26.4. The first-order chi connectivity index (χ1) is 9.74. The molecule has 4 nitrogen and oxygen atoms in total. The number of rotatable bonds is 4. The van der Waals surface area contributed by atoms with Gasteiger partial charge < -0.3 is 10.2 Å². The van der Waals surface area contributed by atoms with Crippen LogP contribution in [0.25, 0.3) is 0 Å². The number of carbonyl (C=O) groups is 1. The van der Waals surface area contributed by atoms with Gasteiger partial charge in [-0.1, -0.05) is 0 Å². The molecule has 2 aliphatic rings. The number of likely N-dealkylation sites (tertiary alicyclic amines) is 1. The third kappa shape index (κ3) is 3.05. The Hall–Kier alpha value is -0.910. The van der Waals surface area contributed by atoms with E-state index in [9.17, 15) is 4.79 Å². The second-order valence-corrected chi connectivity index (χ2v) is 6.76. The Morgan fingerprint density at radius 2 is 2.45 bits per heavy atom. The van der Waals surface area contributed by atoms with Crippen molar-refractivity contribution in [3.8, 4) is 0 Å². The van der Waals surface area contributed by atoms with Crippen molar-refractivity contribution in [2.75, 3.05) is 33.2 Å². The molecule has 1 amide bonds. The van der Waals surface area contributed by atoms with Gasteiger partial charge in [-0.15, -0.1) is 0 Å². The lowest BCUT2D eigenvalue weighted by atomic mass is 9.92. The molecule has 2 unspecified atom stereocenters. The maximum Gasteiger partial charge on any atom is 0.236 e. The molecule has 3 heterocycles. The number of fused-ring (bicyclic) bond motifs is 1. The number of hydrogen-bond acceptors (Lipinski definition) is 4. The van der Waals surface area contributed by atoms with Gasteiger partial charge in [-0.2, -0.15) is 11.3 Å². The number of nitrogens with zero attached hydrogens (tertiary/aromatic N) is 2. The first-order valence-electron chi connectivity index (χ1n) is 7.44. The van der Waals surface area contributed by atoms with Crippen molar-refractivity contribution >= 4 is 17.2 Å². The molecule has 0 saturated carbocycles. The molecule has 0 aromatic carbocycles. The van der Waals surface area contributed by atoms with Gasteiger partial charge in [0.05, 0.1) is 6.54 Å². The molecule has 0 spiro atoms. The van der Waals surface area contributed by atoms with Gasteiger partial charge >= 0.3 is 0 Å². The number of carbonyl (C=O) groups excluding carboxylic acids is 1. The second kappa shape index (κ2) is 6.24. The van der Waals surface area contributed by atoms with Gasteiger partial charge in [0.25, 0.3) is 0 Å². The quantitative estimate of drug-likeness (QED) is 0.911. The summed E-state index contributed by atoms with van der Waals surface area (Å²) in [5.74, 6) is 0.988. The smallest absolute Gasteiger partial charge is 0.236 e. The number of piperidine rings is 1. The van der Waals surface area contributed by atoms with Gasteiger partial charge in [-0.05, 0) is 54.2 Å². The highest BCUT2D eigenvalue weighted by Gasteiger charge is 2.35. The van der Waals surface area contributed by atoms with Gasteiger partial charge in [-0.25, -0.2) is 0 Å². The van der Waals surface area contributed by atoms with Crippen molar-refractivity contribution in [1.82, 2.24) is 15.1 Å². The highest BCUT2D eigenvalue weighted by molar-refractivity contribution is 7.07. The molecular weight excluding hydrogens is 270 g/mol. The van der Waals surface area contributed by atoms with Crippen LogP contribution in [-0.4, -0.2) is 55.0 Å². The summed E-state index contributed by atoms with van der Waals surface area (Å²) in [5.41, 5.74) is 1.23. The number of likely N-dealkylation sites (N-methyl/N-ethyl adjacent to an activating group) is 1. The number of amides is 1.